The molecular formula is C12H20N4O. The molecule has 5 nitrogen and oxygen atoms in total. The Bertz CT molecular complexity index is 393. The molecule has 1 fully saturated rings. The molecule has 0 spiro atoms. The zero-order valence-electron chi connectivity index (χ0n) is 10.6. The predicted octanol–water partition coefficient (Wildman–Crippen LogP) is 0.647. The van der Waals surface area contributed by atoms with E-state index in [0.717, 1.165) is 50.4 Å². The van der Waals surface area contributed by atoms with Crippen molar-refractivity contribution in [3.63, 3.8) is 0 Å². The summed E-state index contributed by atoms with van der Waals surface area (Å²) in [5.41, 5.74) is 1.59. The normalized spacial score (nSPS) is 16.2. The van der Waals surface area contributed by atoms with Crippen LogP contribution in [0.3, 0.4) is 0 Å². The lowest BCUT2D eigenvalue weighted by molar-refractivity contribution is 0.0735. The fraction of sp³-hybridized carbons (Fsp3) is 0.667. The van der Waals surface area contributed by atoms with E-state index in [-0.39, 0.29) is 5.91 Å². The first kappa shape index (κ1) is 12.1. The second-order valence-electron chi connectivity index (χ2n) is 4.43. The summed E-state index contributed by atoms with van der Waals surface area (Å²) in [6, 6.07) is 0. The zero-order chi connectivity index (χ0) is 12.3. The van der Waals surface area contributed by atoms with E-state index in [1.807, 2.05) is 22.7 Å². The summed E-state index contributed by atoms with van der Waals surface area (Å²) in [6.45, 7) is 8.22. The molecule has 1 aliphatic rings. The molecule has 5 heteroatoms. The number of hydrogen-bond acceptors (Lipinski definition) is 3. The Labute approximate surface area is 102 Å². The molecular weight excluding hydrogens is 216 g/mol. The van der Waals surface area contributed by atoms with E-state index in [2.05, 4.69) is 17.3 Å². The van der Waals surface area contributed by atoms with Crippen LogP contribution < -0.4 is 5.32 Å². The highest BCUT2D eigenvalue weighted by Crippen LogP contribution is 2.10. The Kier molecular flexibility index (Phi) is 3.78. The molecule has 1 aliphatic heterocycles. The molecule has 2 heterocycles. The summed E-state index contributed by atoms with van der Waals surface area (Å²) < 4.78 is 1.87. The first-order valence-corrected chi connectivity index (χ1v) is 6.26. The van der Waals surface area contributed by atoms with E-state index in [4.69, 9.17) is 0 Å². The highest BCUT2D eigenvalue weighted by molar-refractivity contribution is 5.95. The lowest BCUT2D eigenvalue weighted by atomic mass is 10.2. The van der Waals surface area contributed by atoms with Crippen LogP contribution in [0.5, 0.6) is 0 Å². The van der Waals surface area contributed by atoms with Gasteiger partial charge in [-0.15, -0.1) is 0 Å². The fourth-order valence-corrected chi connectivity index (χ4v) is 2.11. The minimum absolute atomic E-state index is 0.117. The third-order valence-corrected chi connectivity index (χ3v) is 3.03. The number of piperazine rings is 1. The van der Waals surface area contributed by atoms with Gasteiger partial charge in [-0.25, -0.2) is 0 Å². The molecule has 0 aliphatic carbocycles. The number of carbonyl (C=O) groups is 1. The van der Waals surface area contributed by atoms with E-state index in [0.29, 0.717) is 0 Å². The molecule has 17 heavy (non-hydrogen) atoms. The molecule has 1 aromatic rings. The summed E-state index contributed by atoms with van der Waals surface area (Å²) in [4.78, 5) is 14.2. The average Bonchev–Trinajstić information content (AvgIpc) is 2.71. The molecule has 0 saturated carbocycles. The molecule has 0 bridgehead atoms. The Morgan fingerprint density at radius 1 is 1.47 bits per heavy atom. The van der Waals surface area contributed by atoms with Gasteiger partial charge in [0.25, 0.3) is 5.91 Å². The first-order valence-electron chi connectivity index (χ1n) is 6.26. The van der Waals surface area contributed by atoms with Gasteiger partial charge in [-0.05, 0) is 13.3 Å². The van der Waals surface area contributed by atoms with Crippen molar-refractivity contribution in [3.05, 3.63) is 17.5 Å². The standard InChI is InChI=1S/C12H20N4O/c1-3-6-16-9-11(10(2)14-16)12(17)15-7-4-13-5-8-15/h9,13H,3-8H2,1-2H3. The van der Waals surface area contributed by atoms with Crippen molar-refractivity contribution in [1.29, 1.82) is 0 Å². The third-order valence-electron chi connectivity index (χ3n) is 3.03. The number of nitrogens with zero attached hydrogens (tertiary/aromatic N) is 3. The molecule has 1 N–H and O–H groups in total. The number of aryl methyl sites for hydroxylation is 2. The van der Waals surface area contributed by atoms with E-state index in [1.54, 1.807) is 0 Å². The van der Waals surface area contributed by atoms with Gasteiger partial charge in [0.2, 0.25) is 0 Å². The highest BCUT2D eigenvalue weighted by Gasteiger charge is 2.21. The van der Waals surface area contributed by atoms with Gasteiger partial charge in [-0.2, -0.15) is 5.10 Å². The van der Waals surface area contributed by atoms with Crippen molar-refractivity contribution in [1.82, 2.24) is 20.0 Å². The summed E-state index contributed by atoms with van der Waals surface area (Å²) in [5, 5.41) is 7.62. The largest absolute Gasteiger partial charge is 0.336 e. The summed E-state index contributed by atoms with van der Waals surface area (Å²) >= 11 is 0. The number of nitrogens with one attached hydrogen (secondary N) is 1. The van der Waals surface area contributed by atoms with Crippen LogP contribution >= 0.6 is 0 Å². The van der Waals surface area contributed by atoms with Crippen molar-refractivity contribution in [2.24, 2.45) is 0 Å². The number of amides is 1. The molecule has 0 radical (unpaired) electrons. The molecule has 1 aromatic heterocycles. The quantitative estimate of drug-likeness (QED) is 0.838. The average molecular weight is 236 g/mol. The van der Waals surface area contributed by atoms with Crippen LogP contribution in [0.2, 0.25) is 0 Å². The van der Waals surface area contributed by atoms with Crippen LogP contribution in [0.15, 0.2) is 6.20 Å². The third kappa shape index (κ3) is 2.66. The van der Waals surface area contributed by atoms with Gasteiger partial charge in [0.15, 0.2) is 0 Å². The Morgan fingerprint density at radius 3 is 2.82 bits per heavy atom. The minimum atomic E-state index is 0.117. The predicted molar refractivity (Wildman–Crippen MR) is 66.0 cm³/mol. The Morgan fingerprint density at radius 2 is 2.18 bits per heavy atom. The maximum Gasteiger partial charge on any atom is 0.257 e. The van der Waals surface area contributed by atoms with Crippen molar-refractivity contribution >= 4 is 5.91 Å². The maximum atomic E-state index is 12.3. The van der Waals surface area contributed by atoms with E-state index in [1.165, 1.54) is 0 Å². The smallest absolute Gasteiger partial charge is 0.257 e. The van der Waals surface area contributed by atoms with Crippen LogP contribution in [0, 0.1) is 6.92 Å². The van der Waals surface area contributed by atoms with Crippen molar-refractivity contribution in [3.8, 4) is 0 Å². The SMILES string of the molecule is CCCn1cc(C(=O)N2CCNCC2)c(C)n1. The highest BCUT2D eigenvalue weighted by atomic mass is 16.2. The van der Waals surface area contributed by atoms with Gasteiger partial charge >= 0.3 is 0 Å². The minimum Gasteiger partial charge on any atom is -0.336 e. The van der Waals surface area contributed by atoms with E-state index < -0.39 is 0 Å². The molecule has 1 amide bonds. The van der Waals surface area contributed by atoms with Crippen molar-refractivity contribution in [2.45, 2.75) is 26.8 Å². The first-order chi connectivity index (χ1) is 8.22. The van der Waals surface area contributed by atoms with E-state index in [9.17, 15) is 4.79 Å². The lowest BCUT2D eigenvalue weighted by Gasteiger charge is -2.27. The van der Waals surface area contributed by atoms with E-state index >= 15 is 0 Å². The second kappa shape index (κ2) is 5.31. The second-order valence-corrected chi connectivity index (χ2v) is 4.43. The summed E-state index contributed by atoms with van der Waals surface area (Å²) in [6.07, 6.45) is 2.91. The van der Waals surface area contributed by atoms with Gasteiger partial charge in [-0.1, -0.05) is 6.92 Å². The van der Waals surface area contributed by atoms with Gasteiger partial charge in [0.1, 0.15) is 0 Å². The number of carbonyl (C=O) groups excluding carboxylic acids is 1. The monoisotopic (exact) mass is 236 g/mol. The van der Waals surface area contributed by atoms with Gasteiger partial charge in [0, 0.05) is 38.9 Å². The van der Waals surface area contributed by atoms with Crippen LogP contribution in [0.25, 0.3) is 0 Å². The molecule has 0 unspecified atom stereocenters. The Balaban J connectivity index is 2.12. The van der Waals surface area contributed by atoms with Gasteiger partial charge in [-0.3, -0.25) is 9.48 Å². The zero-order valence-corrected chi connectivity index (χ0v) is 10.6. The van der Waals surface area contributed by atoms with Crippen LogP contribution in [-0.4, -0.2) is 46.8 Å². The summed E-state index contributed by atoms with van der Waals surface area (Å²) in [7, 11) is 0. The van der Waals surface area contributed by atoms with Gasteiger partial charge < -0.3 is 10.2 Å². The van der Waals surface area contributed by atoms with Crippen LogP contribution in [0.4, 0.5) is 0 Å². The molecule has 2 rings (SSSR count). The number of aromatic nitrogens is 2. The van der Waals surface area contributed by atoms with Crippen molar-refractivity contribution in [2.75, 3.05) is 26.2 Å². The number of hydrogen-bond donors (Lipinski definition) is 1. The summed E-state index contributed by atoms with van der Waals surface area (Å²) in [5.74, 6) is 0.117. The topological polar surface area (TPSA) is 50.2 Å². The van der Waals surface area contributed by atoms with Crippen molar-refractivity contribution < 1.29 is 4.79 Å². The molecule has 0 aromatic carbocycles. The maximum absolute atomic E-state index is 12.3. The van der Waals surface area contributed by atoms with Gasteiger partial charge in [0.05, 0.1) is 11.3 Å². The molecule has 94 valence electrons. The lowest BCUT2D eigenvalue weighted by Crippen LogP contribution is -2.46. The van der Waals surface area contributed by atoms with Crippen LogP contribution in [0.1, 0.15) is 29.4 Å². The van der Waals surface area contributed by atoms with Crippen LogP contribution in [-0.2, 0) is 6.54 Å². The molecule has 1 saturated heterocycles. The Hall–Kier alpha value is -1.36. The molecule has 0 atom stereocenters. The fourth-order valence-electron chi connectivity index (χ4n) is 2.11. The number of rotatable bonds is 3.